The molecule has 30 heavy (non-hydrogen) atoms. The maximum absolute atomic E-state index is 13.0. The van der Waals surface area contributed by atoms with Gasteiger partial charge in [-0.3, -0.25) is 9.59 Å². The molecule has 0 aliphatic rings. The molecular formula is C23H29ClN2O3S. The number of ether oxygens (including phenoxy) is 1. The van der Waals surface area contributed by atoms with Crippen LogP contribution in [0.15, 0.2) is 48.5 Å². The van der Waals surface area contributed by atoms with Crippen molar-refractivity contribution in [3.8, 4) is 5.75 Å². The number of carbonyl (C=O) groups is 2. The van der Waals surface area contributed by atoms with E-state index in [1.807, 2.05) is 56.3 Å². The van der Waals surface area contributed by atoms with Crippen LogP contribution in [0.4, 0.5) is 0 Å². The van der Waals surface area contributed by atoms with E-state index in [0.717, 1.165) is 16.9 Å². The molecule has 0 aliphatic heterocycles. The quantitative estimate of drug-likeness (QED) is 0.580. The molecule has 5 nitrogen and oxygen atoms in total. The zero-order chi connectivity index (χ0) is 22.1. The maximum Gasteiger partial charge on any atom is 0.242 e. The minimum absolute atomic E-state index is 0.00696. The Morgan fingerprint density at radius 1 is 1.10 bits per heavy atom. The van der Waals surface area contributed by atoms with Crippen LogP contribution in [0.2, 0.25) is 5.02 Å². The number of nitrogens with zero attached hydrogens (tertiary/aromatic N) is 1. The van der Waals surface area contributed by atoms with Crippen molar-refractivity contribution < 1.29 is 14.3 Å². The molecule has 1 atom stereocenters. The van der Waals surface area contributed by atoms with Gasteiger partial charge in [0.25, 0.3) is 0 Å². The first-order valence-corrected chi connectivity index (χ1v) is 11.4. The lowest BCUT2D eigenvalue weighted by Gasteiger charge is -2.29. The van der Waals surface area contributed by atoms with Gasteiger partial charge in [0.2, 0.25) is 11.8 Å². The van der Waals surface area contributed by atoms with Crippen LogP contribution in [-0.4, -0.2) is 41.7 Å². The van der Waals surface area contributed by atoms with Crippen LogP contribution in [0.5, 0.6) is 5.75 Å². The second kappa shape index (κ2) is 11.9. The number of hydrogen-bond acceptors (Lipinski definition) is 4. The summed E-state index contributed by atoms with van der Waals surface area (Å²) in [5, 5.41) is 3.49. The molecule has 0 aromatic heterocycles. The highest BCUT2D eigenvalue weighted by Crippen LogP contribution is 2.19. The minimum Gasteiger partial charge on any atom is -0.497 e. The average Bonchev–Trinajstić information content (AvgIpc) is 2.71. The van der Waals surface area contributed by atoms with E-state index >= 15 is 0 Å². The summed E-state index contributed by atoms with van der Waals surface area (Å²) in [4.78, 5) is 27.2. The van der Waals surface area contributed by atoms with E-state index in [9.17, 15) is 9.59 Å². The Morgan fingerprint density at radius 3 is 2.40 bits per heavy atom. The highest BCUT2D eigenvalue weighted by molar-refractivity contribution is 7.99. The molecule has 0 unspecified atom stereocenters. The zero-order valence-corrected chi connectivity index (χ0v) is 19.4. The lowest BCUT2D eigenvalue weighted by molar-refractivity contribution is -0.138. The molecule has 2 amide bonds. The zero-order valence-electron chi connectivity index (χ0n) is 17.9. The van der Waals surface area contributed by atoms with Crippen LogP contribution in [-0.2, 0) is 21.9 Å². The number of benzene rings is 2. The molecule has 2 aromatic rings. The molecule has 0 fully saturated rings. The Hall–Kier alpha value is -2.18. The van der Waals surface area contributed by atoms with Crippen molar-refractivity contribution in [2.24, 2.45) is 0 Å². The SMILES string of the molecule is COc1ccc(CSCC(=O)N(Cc2cccc(Cl)c2)[C@@H](C)C(=O)NC(C)C)cc1. The number of halogens is 1. The highest BCUT2D eigenvalue weighted by Gasteiger charge is 2.26. The van der Waals surface area contributed by atoms with Crippen LogP contribution < -0.4 is 10.1 Å². The summed E-state index contributed by atoms with van der Waals surface area (Å²) < 4.78 is 5.17. The van der Waals surface area contributed by atoms with Gasteiger partial charge < -0.3 is 15.0 Å². The third-order valence-electron chi connectivity index (χ3n) is 4.49. The van der Waals surface area contributed by atoms with Gasteiger partial charge in [-0.05, 0) is 56.2 Å². The van der Waals surface area contributed by atoms with Crippen molar-refractivity contribution in [3.05, 3.63) is 64.7 Å². The molecule has 2 aromatic carbocycles. The van der Waals surface area contributed by atoms with Crippen molar-refractivity contribution >= 4 is 35.2 Å². The van der Waals surface area contributed by atoms with Crippen LogP contribution >= 0.6 is 23.4 Å². The first kappa shape index (κ1) is 24.1. The molecule has 2 rings (SSSR count). The number of hydrogen-bond donors (Lipinski definition) is 1. The third-order valence-corrected chi connectivity index (χ3v) is 5.72. The Bertz CT molecular complexity index is 843. The number of thioether (sulfide) groups is 1. The fraction of sp³-hybridized carbons (Fsp3) is 0.391. The number of methoxy groups -OCH3 is 1. The van der Waals surface area contributed by atoms with E-state index < -0.39 is 6.04 Å². The van der Waals surface area contributed by atoms with E-state index in [0.29, 0.717) is 17.3 Å². The molecule has 0 saturated carbocycles. The topological polar surface area (TPSA) is 58.6 Å². The Labute approximate surface area is 188 Å². The van der Waals surface area contributed by atoms with Crippen LogP contribution in [0.25, 0.3) is 0 Å². The molecule has 1 N–H and O–H groups in total. The van der Waals surface area contributed by atoms with E-state index in [2.05, 4.69) is 5.32 Å². The number of amides is 2. The largest absolute Gasteiger partial charge is 0.497 e. The molecule has 0 heterocycles. The second-order valence-electron chi connectivity index (χ2n) is 7.33. The van der Waals surface area contributed by atoms with E-state index in [-0.39, 0.29) is 23.6 Å². The van der Waals surface area contributed by atoms with Crippen molar-refractivity contribution in [1.82, 2.24) is 10.2 Å². The molecule has 0 bridgehead atoms. The van der Waals surface area contributed by atoms with Crippen molar-refractivity contribution in [2.75, 3.05) is 12.9 Å². The third kappa shape index (κ3) is 7.58. The molecule has 0 spiro atoms. The summed E-state index contributed by atoms with van der Waals surface area (Å²) in [5.74, 6) is 1.54. The first-order chi connectivity index (χ1) is 14.3. The van der Waals surface area contributed by atoms with Crippen LogP contribution in [0.1, 0.15) is 31.9 Å². The average molecular weight is 449 g/mol. The highest BCUT2D eigenvalue weighted by atomic mass is 35.5. The fourth-order valence-electron chi connectivity index (χ4n) is 2.88. The Morgan fingerprint density at radius 2 is 1.80 bits per heavy atom. The van der Waals surface area contributed by atoms with Gasteiger partial charge in [-0.2, -0.15) is 0 Å². The van der Waals surface area contributed by atoms with E-state index in [4.69, 9.17) is 16.3 Å². The van der Waals surface area contributed by atoms with Crippen molar-refractivity contribution in [1.29, 1.82) is 0 Å². The molecular weight excluding hydrogens is 420 g/mol. The van der Waals surface area contributed by atoms with Crippen molar-refractivity contribution in [2.45, 2.75) is 45.2 Å². The molecule has 0 aliphatic carbocycles. The lowest BCUT2D eigenvalue weighted by atomic mass is 10.1. The predicted molar refractivity (Wildman–Crippen MR) is 124 cm³/mol. The molecule has 0 saturated heterocycles. The van der Waals surface area contributed by atoms with Gasteiger partial charge in [0, 0.05) is 23.4 Å². The summed E-state index contributed by atoms with van der Waals surface area (Å²) >= 11 is 7.62. The molecule has 162 valence electrons. The van der Waals surface area contributed by atoms with Gasteiger partial charge >= 0.3 is 0 Å². The van der Waals surface area contributed by atoms with Gasteiger partial charge in [0.15, 0.2) is 0 Å². The maximum atomic E-state index is 13.0. The van der Waals surface area contributed by atoms with Gasteiger partial charge in [0.1, 0.15) is 11.8 Å². The van der Waals surface area contributed by atoms with E-state index in [1.165, 1.54) is 11.8 Å². The standard InChI is InChI=1S/C23H29ClN2O3S/c1-16(2)25-23(28)17(3)26(13-19-6-5-7-20(24)12-19)22(27)15-30-14-18-8-10-21(29-4)11-9-18/h5-12,16-17H,13-15H2,1-4H3,(H,25,28)/t17-/m0/s1. The normalized spacial score (nSPS) is 11.8. The number of rotatable bonds is 10. The summed E-state index contributed by atoms with van der Waals surface area (Å²) in [5.41, 5.74) is 2.00. The summed E-state index contributed by atoms with van der Waals surface area (Å²) in [6.45, 7) is 5.89. The van der Waals surface area contributed by atoms with Gasteiger partial charge in [0.05, 0.1) is 12.9 Å². The minimum atomic E-state index is -0.583. The fourth-order valence-corrected chi connectivity index (χ4v) is 3.96. The number of carbonyl (C=O) groups excluding carboxylic acids is 2. The van der Waals surface area contributed by atoms with Gasteiger partial charge in [-0.1, -0.05) is 35.9 Å². The van der Waals surface area contributed by atoms with E-state index in [1.54, 1.807) is 25.0 Å². The summed E-state index contributed by atoms with van der Waals surface area (Å²) in [7, 11) is 1.63. The monoisotopic (exact) mass is 448 g/mol. The second-order valence-corrected chi connectivity index (χ2v) is 8.75. The Kier molecular flexibility index (Phi) is 9.53. The van der Waals surface area contributed by atoms with Crippen molar-refractivity contribution in [3.63, 3.8) is 0 Å². The Balaban J connectivity index is 2.05. The first-order valence-electron chi connectivity index (χ1n) is 9.85. The van der Waals surface area contributed by atoms with Gasteiger partial charge in [-0.15, -0.1) is 11.8 Å². The van der Waals surface area contributed by atoms with Crippen LogP contribution in [0.3, 0.4) is 0 Å². The number of nitrogens with one attached hydrogen (secondary N) is 1. The smallest absolute Gasteiger partial charge is 0.242 e. The van der Waals surface area contributed by atoms with Gasteiger partial charge in [-0.25, -0.2) is 0 Å². The lowest BCUT2D eigenvalue weighted by Crippen LogP contribution is -2.49. The molecule has 7 heteroatoms. The van der Waals surface area contributed by atoms with Crippen LogP contribution in [0, 0.1) is 0 Å². The molecule has 0 radical (unpaired) electrons. The summed E-state index contributed by atoms with van der Waals surface area (Å²) in [6.07, 6.45) is 0. The predicted octanol–water partition coefficient (Wildman–Crippen LogP) is 4.52. The summed E-state index contributed by atoms with van der Waals surface area (Å²) in [6, 6.07) is 14.6.